The van der Waals surface area contributed by atoms with Crippen LogP contribution < -0.4 is 5.32 Å². The fraction of sp³-hybridized carbons (Fsp3) is 0. The Morgan fingerprint density at radius 3 is 2.57 bits per heavy atom. The van der Waals surface area contributed by atoms with E-state index >= 15 is 0 Å². The van der Waals surface area contributed by atoms with Crippen LogP contribution in [0.3, 0.4) is 0 Å². The summed E-state index contributed by atoms with van der Waals surface area (Å²) >= 11 is 6.59. The Morgan fingerprint density at radius 1 is 1.29 bits per heavy atom. The van der Waals surface area contributed by atoms with Gasteiger partial charge in [0.05, 0.1) is 26.1 Å². The summed E-state index contributed by atoms with van der Waals surface area (Å²) in [4.78, 5) is 32.9. The van der Waals surface area contributed by atoms with Crippen molar-refractivity contribution in [2.75, 3.05) is 5.32 Å². The smallest absolute Gasteiger partial charge is 0.335 e. The second kappa shape index (κ2) is 5.90. The van der Waals surface area contributed by atoms with Crippen molar-refractivity contribution in [3.8, 4) is 0 Å². The summed E-state index contributed by atoms with van der Waals surface area (Å²) in [6.07, 6.45) is 0. The maximum Gasteiger partial charge on any atom is 0.335 e. The monoisotopic (exact) mass is 326 g/mol. The first-order valence-electron chi connectivity index (χ1n) is 5.47. The number of aromatic carboxylic acids is 1. The molecular weight excluding hydrogens is 320 g/mol. The Kier molecular flexibility index (Phi) is 4.20. The minimum absolute atomic E-state index is 0.0353. The molecule has 2 aromatic rings. The number of rotatable bonds is 4. The predicted molar refractivity (Wildman–Crippen MR) is 77.3 cm³/mol. The van der Waals surface area contributed by atoms with Gasteiger partial charge in [-0.05, 0) is 24.3 Å². The zero-order chi connectivity index (χ0) is 15.6. The summed E-state index contributed by atoms with van der Waals surface area (Å²) in [6.45, 7) is 0. The van der Waals surface area contributed by atoms with E-state index in [1.807, 2.05) is 0 Å². The molecule has 0 aliphatic carbocycles. The van der Waals surface area contributed by atoms with Crippen LogP contribution >= 0.6 is 22.9 Å². The van der Waals surface area contributed by atoms with Crippen LogP contribution in [0.5, 0.6) is 0 Å². The number of hydrogen-bond acceptors (Lipinski definition) is 5. The summed E-state index contributed by atoms with van der Waals surface area (Å²) in [7, 11) is 0. The Bertz CT molecular complexity index is 743. The van der Waals surface area contributed by atoms with E-state index in [2.05, 4.69) is 5.32 Å². The van der Waals surface area contributed by atoms with Gasteiger partial charge in [0.2, 0.25) is 0 Å². The molecule has 0 unspecified atom stereocenters. The molecule has 1 aromatic carbocycles. The number of carboxylic acid groups (broad SMARTS) is 1. The Hall–Kier alpha value is -2.45. The minimum Gasteiger partial charge on any atom is -0.478 e. The topological polar surface area (TPSA) is 110 Å². The predicted octanol–water partition coefficient (Wildman–Crippen LogP) is 3.26. The molecule has 0 saturated heterocycles. The number of halogens is 1. The molecule has 7 nitrogen and oxygen atoms in total. The van der Waals surface area contributed by atoms with E-state index in [-0.39, 0.29) is 26.2 Å². The maximum absolute atomic E-state index is 12.0. The van der Waals surface area contributed by atoms with Gasteiger partial charge in [0.25, 0.3) is 5.91 Å². The maximum atomic E-state index is 12.0. The Morgan fingerprint density at radius 2 is 2.00 bits per heavy atom. The summed E-state index contributed by atoms with van der Waals surface area (Å²) in [5.74, 6) is -1.76. The molecule has 1 amide bonds. The van der Waals surface area contributed by atoms with Crippen molar-refractivity contribution in [2.24, 2.45) is 0 Å². The SMILES string of the molecule is O=C(O)c1ccc(Cl)c(NC(=O)c2ccc([N+](=O)[O-])s2)c1. The van der Waals surface area contributed by atoms with Crippen molar-refractivity contribution in [3.05, 3.63) is 55.9 Å². The molecule has 1 heterocycles. The van der Waals surface area contributed by atoms with Gasteiger partial charge in [0.1, 0.15) is 0 Å². The summed E-state index contributed by atoms with van der Waals surface area (Å²) in [5, 5.41) is 21.9. The lowest BCUT2D eigenvalue weighted by atomic mass is 10.2. The zero-order valence-electron chi connectivity index (χ0n) is 10.2. The number of nitrogens with one attached hydrogen (secondary N) is 1. The number of anilines is 1. The third kappa shape index (κ3) is 3.36. The number of carbonyl (C=O) groups is 2. The fourth-order valence-corrected chi connectivity index (χ4v) is 2.37. The van der Waals surface area contributed by atoms with Gasteiger partial charge in [-0.1, -0.05) is 22.9 Å². The van der Waals surface area contributed by atoms with Crippen LogP contribution in [0, 0.1) is 10.1 Å². The molecule has 0 aliphatic heterocycles. The van der Waals surface area contributed by atoms with E-state index in [1.54, 1.807) is 0 Å². The van der Waals surface area contributed by atoms with Gasteiger partial charge < -0.3 is 10.4 Å². The average Bonchev–Trinajstić information content (AvgIpc) is 2.90. The summed E-state index contributed by atoms with van der Waals surface area (Å²) in [6, 6.07) is 6.39. The van der Waals surface area contributed by atoms with Gasteiger partial charge in [0.15, 0.2) is 0 Å². The van der Waals surface area contributed by atoms with Crippen molar-refractivity contribution in [3.63, 3.8) is 0 Å². The van der Waals surface area contributed by atoms with Crippen molar-refractivity contribution in [1.82, 2.24) is 0 Å². The highest BCUT2D eigenvalue weighted by Gasteiger charge is 2.17. The van der Waals surface area contributed by atoms with Gasteiger partial charge in [0, 0.05) is 6.07 Å². The highest BCUT2D eigenvalue weighted by atomic mass is 35.5. The molecule has 0 bridgehead atoms. The van der Waals surface area contributed by atoms with E-state index in [1.165, 1.54) is 30.3 Å². The van der Waals surface area contributed by atoms with Gasteiger partial charge in [-0.2, -0.15) is 0 Å². The highest BCUT2D eigenvalue weighted by molar-refractivity contribution is 7.17. The first-order valence-corrected chi connectivity index (χ1v) is 6.66. The van der Waals surface area contributed by atoms with Gasteiger partial charge in [-0.15, -0.1) is 0 Å². The number of carboxylic acids is 1. The Balaban J connectivity index is 2.24. The molecule has 108 valence electrons. The molecule has 0 radical (unpaired) electrons. The Labute approximate surface area is 126 Å². The van der Waals surface area contributed by atoms with Crippen LogP contribution in [0.2, 0.25) is 5.02 Å². The minimum atomic E-state index is -1.16. The van der Waals surface area contributed by atoms with Gasteiger partial charge in [-0.25, -0.2) is 4.79 Å². The first kappa shape index (κ1) is 14.9. The van der Waals surface area contributed by atoms with Crippen LogP contribution in [-0.4, -0.2) is 21.9 Å². The van der Waals surface area contributed by atoms with Gasteiger partial charge in [-0.3, -0.25) is 14.9 Å². The molecule has 0 atom stereocenters. The lowest BCUT2D eigenvalue weighted by Gasteiger charge is -2.06. The van der Waals surface area contributed by atoms with E-state index < -0.39 is 16.8 Å². The average molecular weight is 327 g/mol. The molecule has 0 fully saturated rings. The third-order valence-corrected chi connectivity index (χ3v) is 3.82. The zero-order valence-corrected chi connectivity index (χ0v) is 11.8. The number of thiophene rings is 1. The van der Waals surface area contributed by atoms with E-state index in [9.17, 15) is 19.7 Å². The molecule has 21 heavy (non-hydrogen) atoms. The molecule has 0 saturated carbocycles. The van der Waals surface area contributed by atoms with Crippen LogP contribution in [0.1, 0.15) is 20.0 Å². The van der Waals surface area contributed by atoms with E-state index in [0.717, 1.165) is 0 Å². The number of nitro groups is 1. The molecule has 0 spiro atoms. The molecule has 2 rings (SSSR count). The standard InChI is InChI=1S/C12H7ClN2O5S/c13-7-2-1-6(12(17)18)5-8(7)14-11(16)9-3-4-10(21-9)15(19)20/h1-5H,(H,14,16)(H,17,18). The van der Waals surface area contributed by atoms with Crippen LogP contribution in [0.25, 0.3) is 0 Å². The van der Waals surface area contributed by atoms with Gasteiger partial charge >= 0.3 is 11.0 Å². The molecular formula is C12H7ClN2O5S. The highest BCUT2D eigenvalue weighted by Crippen LogP contribution is 2.27. The number of carbonyl (C=O) groups excluding carboxylic acids is 1. The molecule has 9 heteroatoms. The fourth-order valence-electron chi connectivity index (χ4n) is 1.49. The third-order valence-electron chi connectivity index (χ3n) is 2.46. The second-order valence-corrected chi connectivity index (χ2v) is 5.32. The van der Waals surface area contributed by atoms with Crippen LogP contribution in [0.15, 0.2) is 30.3 Å². The van der Waals surface area contributed by atoms with E-state index in [0.29, 0.717) is 11.3 Å². The number of hydrogen-bond donors (Lipinski definition) is 2. The largest absolute Gasteiger partial charge is 0.478 e. The van der Waals surface area contributed by atoms with Crippen molar-refractivity contribution in [1.29, 1.82) is 0 Å². The van der Waals surface area contributed by atoms with E-state index in [4.69, 9.17) is 16.7 Å². The first-order chi connectivity index (χ1) is 9.88. The molecule has 0 aliphatic rings. The van der Waals surface area contributed by atoms with Crippen molar-refractivity contribution < 1.29 is 19.6 Å². The lowest BCUT2D eigenvalue weighted by molar-refractivity contribution is -0.380. The van der Waals surface area contributed by atoms with Crippen molar-refractivity contribution in [2.45, 2.75) is 0 Å². The lowest BCUT2D eigenvalue weighted by Crippen LogP contribution is -2.11. The summed E-state index contributed by atoms with van der Waals surface area (Å²) < 4.78 is 0. The molecule has 1 aromatic heterocycles. The molecule has 2 N–H and O–H groups in total. The van der Waals surface area contributed by atoms with Crippen LogP contribution in [0.4, 0.5) is 10.7 Å². The van der Waals surface area contributed by atoms with Crippen molar-refractivity contribution >= 4 is 45.5 Å². The number of nitrogens with zero attached hydrogens (tertiary/aromatic N) is 1. The summed E-state index contributed by atoms with van der Waals surface area (Å²) in [5.41, 5.74) is 0.0875. The number of benzene rings is 1. The number of amides is 1. The quantitative estimate of drug-likeness (QED) is 0.662. The normalized spacial score (nSPS) is 10.1. The second-order valence-electron chi connectivity index (χ2n) is 3.85. The van der Waals surface area contributed by atoms with Crippen LogP contribution in [-0.2, 0) is 0 Å².